The van der Waals surface area contributed by atoms with Gasteiger partial charge in [-0.3, -0.25) is 4.98 Å². The second kappa shape index (κ2) is 6.06. The van der Waals surface area contributed by atoms with Crippen LogP contribution in [-0.4, -0.2) is 4.98 Å². The summed E-state index contributed by atoms with van der Waals surface area (Å²) >= 11 is 2.00. The van der Waals surface area contributed by atoms with Crippen molar-refractivity contribution in [2.24, 2.45) is 0 Å². The number of fused-ring (bicyclic) bond motifs is 1. The van der Waals surface area contributed by atoms with Gasteiger partial charge in [0.2, 0.25) is 0 Å². The predicted octanol–water partition coefficient (Wildman–Crippen LogP) is 4.43. The fourth-order valence-electron chi connectivity index (χ4n) is 2.90. The van der Waals surface area contributed by atoms with E-state index in [1.54, 1.807) is 10.4 Å². The minimum Gasteiger partial charge on any atom is -0.301 e. The van der Waals surface area contributed by atoms with Crippen LogP contribution in [0.15, 0.2) is 30.5 Å². The number of hydrogen-bond donors (Lipinski definition) is 1. The summed E-state index contributed by atoms with van der Waals surface area (Å²) in [5.41, 5.74) is 2.70. The maximum atomic E-state index is 4.43. The zero-order valence-electron chi connectivity index (χ0n) is 12.2. The standard InChI is InChI=1S/C17H22N2S/c1-12(15-8-5-6-10-18-15)19-13(2)17-11-14-7-3-4-9-16(14)20-17/h5-6,8,10-13,19H,3-4,7,9H2,1-2H3/t12-,13?/m1/s1. The van der Waals surface area contributed by atoms with Crippen molar-refractivity contribution in [3.8, 4) is 0 Å². The Kier molecular flexibility index (Phi) is 4.18. The summed E-state index contributed by atoms with van der Waals surface area (Å²) in [4.78, 5) is 7.52. The zero-order chi connectivity index (χ0) is 13.9. The molecule has 2 atom stereocenters. The summed E-state index contributed by atoms with van der Waals surface area (Å²) in [7, 11) is 0. The van der Waals surface area contributed by atoms with Gasteiger partial charge in [-0.15, -0.1) is 11.3 Å². The van der Waals surface area contributed by atoms with Crippen LogP contribution >= 0.6 is 11.3 Å². The largest absolute Gasteiger partial charge is 0.301 e. The topological polar surface area (TPSA) is 24.9 Å². The van der Waals surface area contributed by atoms with Crippen LogP contribution in [0.25, 0.3) is 0 Å². The van der Waals surface area contributed by atoms with Crippen molar-refractivity contribution in [3.63, 3.8) is 0 Å². The van der Waals surface area contributed by atoms with Crippen molar-refractivity contribution < 1.29 is 0 Å². The molecule has 2 nitrogen and oxygen atoms in total. The van der Waals surface area contributed by atoms with Gasteiger partial charge < -0.3 is 5.32 Å². The number of hydrogen-bond acceptors (Lipinski definition) is 3. The Labute approximate surface area is 125 Å². The summed E-state index contributed by atoms with van der Waals surface area (Å²) in [5, 5.41) is 3.67. The van der Waals surface area contributed by atoms with Crippen LogP contribution in [0, 0.1) is 0 Å². The first-order valence-electron chi connectivity index (χ1n) is 7.52. The van der Waals surface area contributed by atoms with Crippen molar-refractivity contribution in [2.75, 3.05) is 0 Å². The van der Waals surface area contributed by atoms with Gasteiger partial charge in [0.1, 0.15) is 0 Å². The van der Waals surface area contributed by atoms with Crippen molar-refractivity contribution >= 4 is 11.3 Å². The Hall–Kier alpha value is -1.19. The van der Waals surface area contributed by atoms with E-state index in [4.69, 9.17) is 0 Å². The molecule has 3 heteroatoms. The zero-order valence-corrected chi connectivity index (χ0v) is 13.0. The van der Waals surface area contributed by atoms with Gasteiger partial charge in [-0.1, -0.05) is 6.07 Å². The molecule has 0 aliphatic heterocycles. The second-order valence-electron chi connectivity index (χ2n) is 5.67. The highest BCUT2D eigenvalue weighted by atomic mass is 32.1. The summed E-state index contributed by atoms with van der Waals surface area (Å²) in [5.74, 6) is 0. The smallest absolute Gasteiger partial charge is 0.0570 e. The maximum absolute atomic E-state index is 4.43. The molecule has 0 saturated carbocycles. The van der Waals surface area contributed by atoms with Crippen molar-refractivity contribution in [1.29, 1.82) is 0 Å². The molecular weight excluding hydrogens is 264 g/mol. The van der Waals surface area contributed by atoms with E-state index in [0.29, 0.717) is 6.04 Å². The Morgan fingerprint density at radius 3 is 2.75 bits per heavy atom. The Bertz CT molecular complexity index is 538. The molecule has 0 amide bonds. The first-order valence-corrected chi connectivity index (χ1v) is 8.34. The van der Waals surface area contributed by atoms with Crippen LogP contribution in [0.3, 0.4) is 0 Å². The molecule has 106 valence electrons. The molecule has 1 aliphatic rings. The molecule has 1 N–H and O–H groups in total. The van der Waals surface area contributed by atoms with E-state index < -0.39 is 0 Å². The minimum absolute atomic E-state index is 0.283. The third-order valence-corrected chi connectivity index (χ3v) is 5.49. The van der Waals surface area contributed by atoms with Crippen LogP contribution in [0.1, 0.15) is 59.8 Å². The van der Waals surface area contributed by atoms with Gasteiger partial charge in [0, 0.05) is 28.0 Å². The number of thiophene rings is 1. The van der Waals surface area contributed by atoms with Crippen LogP contribution in [0.4, 0.5) is 0 Å². The Morgan fingerprint density at radius 1 is 1.15 bits per heavy atom. The molecule has 0 aromatic carbocycles. The highest BCUT2D eigenvalue weighted by Crippen LogP contribution is 2.33. The Balaban J connectivity index is 1.70. The lowest BCUT2D eigenvalue weighted by Crippen LogP contribution is -2.22. The summed E-state index contributed by atoms with van der Waals surface area (Å²) in [6.45, 7) is 4.45. The Morgan fingerprint density at radius 2 is 2.00 bits per heavy atom. The molecule has 2 aromatic rings. The summed E-state index contributed by atoms with van der Waals surface area (Å²) in [6.07, 6.45) is 7.13. The average Bonchev–Trinajstić information content (AvgIpc) is 2.92. The molecule has 3 rings (SSSR count). The fourth-order valence-corrected chi connectivity index (χ4v) is 4.17. The van der Waals surface area contributed by atoms with Crippen LogP contribution in [-0.2, 0) is 12.8 Å². The SMILES string of the molecule is CC(N[C@H](C)c1ccccn1)c1cc2c(s1)CCCC2. The first kappa shape index (κ1) is 13.8. The van der Waals surface area contributed by atoms with Gasteiger partial charge in [-0.05, 0) is 63.3 Å². The fraction of sp³-hybridized carbons (Fsp3) is 0.471. The number of aryl methyl sites for hydroxylation is 2. The van der Waals surface area contributed by atoms with Gasteiger partial charge in [0.15, 0.2) is 0 Å². The van der Waals surface area contributed by atoms with E-state index >= 15 is 0 Å². The second-order valence-corrected chi connectivity index (χ2v) is 6.84. The van der Waals surface area contributed by atoms with E-state index in [1.165, 1.54) is 30.6 Å². The lowest BCUT2D eigenvalue weighted by Gasteiger charge is -2.18. The minimum atomic E-state index is 0.283. The molecule has 20 heavy (non-hydrogen) atoms. The van der Waals surface area contributed by atoms with E-state index in [9.17, 15) is 0 Å². The molecule has 0 fully saturated rings. The van der Waals surface area contributed by atoms with Crippen LogP contribution in [0.2, 0.25) is 0 Å². The quantitative estimate of drug-likeness (QED) is 0.899. The van der Waals surface area contributed by atoms with E-state index in [0.717, 1.165) is 5.69 Å². The molecule has 0 radical (unpaired) electrons. The van der Waals surface area contributed by atoms with Gasteiger partial charge in [0.05, 0.1) is 5.69 Å². The molecule has 2 heterocycles. The number of nitrogens with zero attached hydrogens (tertiary/aromatic N) is 1. The maximum Gasteiger partial charge on any atom is 0.0570 e. The number of rotatable bonds is 4. The van der Waals surface area contributed by atoms with Crippen molar-refractivity contribution in [2.45, 2.75) is 51.6 Å². The molecule has 0 bridgehead atoms. The normalized spacial score (nSPS) is 17.5. The molecule has 0 spiro atoms. The third-order valence-electron chi connectivity index (χ3n) is 4.07. The number of aromatic nitrogens is 1. The highest BCUT2D eigenvalue weighted by molar-refractivity contribution is 7.12. The predicted molar refractivity (Wildman–Crippen MR) is 85.2 cm³/mol. The van der Waals surface area contributed by atoms with Gasteiger partial charge in [-0.25, -0.2) is 0 Å². The summed E-state index contributed by atoms with van der Waals surface area (Å²) in [6, 6.07) is 9.20. The van der Waals surface area contributed by atoms with Crippen LogP contribution in [0.5, 0.6) is 0 Å². The highest BCUT2D eigenvalue weighted by Gasteiger charge is 2.18. The van der Waals surface area contributed by atoms with E-state index in [-0.39, 0.29) is 6.04 Å². The average molecular weight is 286 g/mol. The first-order chi connectivity index (χ1) is 9.74. The van der Waals surface area contributed by atoms with Gasteiger partial charge in [0.25, 0.3) is 0 Å². The van der Waals surface area contributed by atoms with Gasteiger partial charge in [-0.2, -0.15) is 0 Å². The third kappa shape index (κ3) is 2.94. The molecule has 1 unspecified atom stereocenters. The van der Waals surface area contributed by atoms with Gasteiger partial charge >= 0.3 is 0 Å². The van der Waals surface area contributed by atoms with E-state index in [2.05, 4.69) is 42.3 Å². The lowest BCUT2D eigenvalue weighted by molar-refractivity contribution is 0.491. The summed E-state index contributed by atoms with van der Waals surface area (Å²) < 4.78 is 0. The lowest BCUT2D eigenvalue weighted by atomic mass is 9.99. The molecule has 2 aromatic heterocycles. The number of nitrogens with one attached hydrogen (secondary N) is 1. The number of pyridine rings is 1. The molecule has 0 saturated heterocycles. The monoisotopic (exact) mass is 286 g/mol. The molecular formula is C17H22N2S. The van der Waals surface area contributed by atoms with E-state index in [1.807, 2.05) is 23.6 Å². The van der Waals surface area contributed by atoms with Crippen molar-refractivity contribution in [3.05, 3.63) is 51.5 Å². The van der Waals surface area contributed by atoms with Crippen LogP contribution < -0.4 is 5.32 Å². The molecule has 1 aliphatic carbocycles. The van der Waals surface area contributed by atoms with Crippen molar-refractivity contribution in [1.82, 2.24) is 10.3 Å².